The molecule has 0 aliphatic rings. The number of hydrogen-bond acceptors (Lipinski definition) is 3. The maximum absolute atomic E-state index is 9.07. The highest BCUT2D eigenvalue weighted by molar-refractivity contribution is 5.46. The van der Waals surface area contributed by atoms with Crippen molar-refractivity contribution in [3.8, 4) is 6.07 Å². The Morgan fingerprint density at radius 1 is 1.26 bits per heavy atom. The zero-order valence-corrected chi connectivity index (χ0v) is 12.3. The van der Waals surface area contributed by atoms with Gasteiger partial charge < -0.3 is 10.2 Å². The molecule has 0 spiro atoms. The van der Waals surface area contributed by atoms with E-state index in [2.05, 4.69) is 61.4 Å². The van der Waals surface area contributed by atoms with Crippen LogP contribution in [0.25, 0.3) is 0 Å². The maximum Gasteiger partial charge on any atom is 0.0969 e. The summed E-state index contributed by atoms with van der Waals surface area (Å²) < 4.78 is 0. The van der Waals surface area contributed by atoms with E-state index < -0.39 is 0 Å². The van der Waals surface area contributed by atoms with E-state index >= 15 is 0 Å². The molecule has 0 fully saturated rings. The van der Waals surface area contributed by atoms with Gasteiger partial charge in [-0.2, -0.15) is 5.26 Å². The number of nitriles is 1. The van der Waals surface area contributed by atoms with Gasteiger partial charge in [0.1, 0.15) is 0 Å². The molecular formula is C16H25N3. The predicted molar refractivity (Wildman–Crippen MR) is 81.4 cm³/mol. The van der Waals surface area contributed by atoms with Crippen LogP contribution in [0.3, 0.4) is 0 Å². The number of rotatable bonds is 8. The molecule has 1 unspecified atom stereocenters. The molecule has 104 valence electrons. The Kier molecular flexibility index (Phi) is 6.99. The van der Waals surface area contributed by atoms with Crippen LogP contribution in [-0.4, -0.2) is 26.2 Å². The van der Waals surface area contributed by atoms with Crippen LogP contribution >= 0.6 is 0 Å². The summed E-state index contributed by atoms with van der Waals surface area (Å²) in [6.45, 7) is 6.08. The molecule has 3 nitrogen and oxygen atoms in total. The van der Waals surface area contributed by atoms with Crippen LogP contribution < -0.4 is 10.2 Å². The van der Waals surface area contributed by atoms with Crippen molar-refractivity contribution in [2.24, 2.45) is 0 Å². The van der Waals surface area contributed by atoms with Gasteiger partial charge in [0.25, 0.3) is 0 Å². The number of hydrogen-bond donors (Lipinski definition) is 1. The lowest BCUT2D eigenvalue weighted by atomic mass is 10.1. The van der Waals surface area contributed by atoms with Crippen molar-refractivity contribution >= 4 is 5.69 Å². The first-order valence-corrected chi connectivity index (χ1v) is 7.14. The van der Waals surface area contributed by atoms with Crippen LogP contribution in [0, 0.1) is 11.3 Å². The summed E-state index contributed by atoms with van der Waals surface area (Å²) in [7, 11) is 2.08. The smallest absolute Gasteiger partial charge is 0.0969 e. The van der Waals surface area contributed by atoms with Crippen molar-refractivity contribution in [3.63, 3.8) is 0 Å². The number of benzene rings is 1. The minimum Gasteiger partial charge on any atom is -0.375 e. The standard InChI is InChI=1S/C16H25N3/c1-4-11-18-15(13-17)10-12-19(3)16-8-6-14(5-2)7-9-16/h6-9,15,18H,4-5,10-12H2,1-3H3. The number of aryl methyl sites for hydroxylation is 1. The molecule has 0 aliphatic heterocycles. The van der Waals surface area contributed by atoms with Gasteiger partial charge in [-0.15, -0.1) is 0 Å². The van der Waals surface area contributed by atoms with Crippen LogP contribution in [0.2, 0.25) is 0 Å². The minimum atomic E-state index is -0.0442. The van der Waals surface area contributed by atoms with Crippen molar-refractivity contribution in [1.29, 1.82) is 5.26 Å². The topological polar surface area (TPSA) is 39.1 Å². The van der Waals surface area contributed by atoms with Gasteiger partial charge in [-0.3, -0.25) is 0 Å². The fourth-order valence-electron chi connectivity index (χ4n) is 1.97. The first-order valence-electron chi connectivity index (χ1n) is 7.14. The molecular weight excluding hydrogens is 234 g/mol. The van der Waals surface area contributed by atoms with Gasteiger partial charge in [0.2, 0.25) is 0 Å². The van der Waals surface area contributed by atoms with Gasteiger partial charge in [0.05, 0.1) is 12.1 Å². The molecule has 0 heterocycles. The first-order chi connectivity index (χ1) is 9.21. The third kappa shape index (κ3) is 5.32. The number of anilines is 1. The van der Waals surface area contributed by atoms with Crippen molar-refractivity contribution in [3.05, 3.63) is 29.8 Å². The SMILES string of the molecule is CCCNC(C#N)CCN(C)c1ccc(CC)cc1. The Bertz CT molecular complexity index is 391. The molecule has 0 bridgehead atoms. The molecule has 3 heteroatoms. The van der Waals surface area contributed by atoms with E-state index in [1.54, 1.807) is 0 Å². The molecule has 1 rings (SSSR count). The van der Waals surface area contributed by atoms with Crippen molar-refractivity contribution in [1.82, 2.24) is 5.32 Å². The second-order valence-electron chi connectivity index (χ2n) is 4.87. The van der Waals surface area contributed by atoms with Crippen LogP contribution in [0.4, 0.5) is 5.69 Å². The summed E-state index contributed by atoms with van der Waals surface area (Å²) in [4.78, 5) is 2.21. The first kappa shape index (κ1) is 15.5. The number of nitrogens with one attached hydrogen (secondary N) is 1. The number of nitrogens with zero attached hydrogens (tertiary/aromatic N) is 2. The van der Waals surface area contributed by atoms with E-state index in [9.17, 15) is 0 Å². The molecule has 1 aromatic carbocycles. The lowest BCUT2D eigenvalue weighted by molar-refractivity contribution is 0.561. The second-order valence-corrected chi connectivity index (χ2v) is 4.87. The summed E-state index contributed by atoms with van der Waals surface area (Å²) in [5.41, 5.74) is 2.57. The van der Waals surface area contributed by atoms with Crippen LogP contribution in [0.5, 0.6) is 0 Å². The Hall–Kier alpha value is -1.53. The molecule has 1 atom stereocenters. The Morgan fingerprint density at radius 2 is 1.95 bits per heavy atom. The molecule has 0 saturated carbocycles. The van der Waals surface area contributed by atoms with Gasteiger partial charge in [-0.05, 0) is 43.5 Å². The molecule has 1 aromatic rings. The molecule has 0 aromatic heterocycles. The fourth-order valence-corrected chi connectivity index (χ4v) is 1.97. The average Bonchev–Trinajstić information content (AvgIpc) is 2.47. The van der Waals surface area contributed by atoms with Gasteiger partial charge in [0.15, 0.2) is 0 Å². The molecule has 0 saturated heterocycles. The van der Waals surface area contributed by atoms with Crippen molar-refractivity contribution in [2.45, 2.75) is 39.2 Å². The monoisotopic (exact) mass is 259 g/mol. The van der Waals surface area contributed by atoms with Gasteiger partial charge in [-0.1, -0.05) is 26.0 Å². The summed E-state index contributed by atoms with van der Waals surface area (Å²) >= 11 is 0. The normalized spacial score (nSPS) is 11.9. The highest BCUT2D eigenvalue weighted by Gasteiger charge is 2.08. The van der Waals surface area contributed by atoms with E-state index in [0.29, 0.717) is 0 Å². The lowest BCUT2D eigenvalue weighted by Gasteiger charge is -2.21. The predicted octanol–water partition coefficient (Wildman–Crippen LogP) is 2.97. The van der Waals surface area contributed by atoms with E-state index in [0.717, 1.165) is 32.4 Å². The van der Waals surface area contributed by atoms with E-state index in [1.165, 1.54) is 11.3 Å². The largest absolute Gasteiger partial charge is 0.375 e. The van der Waals surface area contributed by atoms with E-state index in [1.807, 2.05) is 0 Å². The van der Waals surface area contributed by atoms with Gasteiger partial charge in [0, 0.05) is 19.3 Å². The Labute approximate surface area is 117 Å². The summed E-state index contributed by atoms with van der Waals surface area (Å²) in [6, 6.07) is 10.9. The molecule has 19 heavy (non-hydrogen) atoms. The van der Waals surface area contributed by atoms with Crippen molar-refractivity contribution in [2.75, 3.05) is 25.0 Å². The zero-order valence-electron chi connectivity index (χ0n) is 12.3. The summed E-state index contributed by atoms with van der Waals surface area (Å²) in [6.07, 6.45) is 2.98. The highest BCUT2D eigenvalue weighted by atomic mass is 15.1. The molecule has 0 amide bonds. The highest BCUT2D eigenvalue weighted by Crippen LogP contribution is 2.14. The lowest BCUT2D eigenvalue weighted by Crippen LogP contribution is -2.32. The average molecular weight is 259 g/mol. The zero-order chi connectivity index (χ0) is 14.1. The molecule has 0 radical (unpaired) electrons. The van der Waals surface area contributed by atoms with Crippen molar-refractivity contribution < 1.29 is 0 Å². The van der Waals surface area contributed by atoms with Crippen LogP contribution in [-0.2, 0) is 6.42 Å². The Morgan fingerprint density at radius 3 is 2.47 bits per heavy atom. The van der Waals surface area contributed by atoms with Gasteiger partial charge >= 0.3 is 0 Å². The molecule has 1 N–H and O–H groups in total. The summed E-state index contributed by atoms with van der Waals surface area (Å²) in [5.74, 6) is 0. The third-order valence-corrected chi connectivity index (χ3v) is 3.34. The minimum absolute atomic E-state index is 0.0442. The molecule has 0 aliphatic carbocycles. The summed E-state index contributed by atoms with van der Waals surface area (Å²) in [5, 5.41) is 12.3. The fraction of sp³-hybridized carbons (Fsp3) is 0.562. The van der Waals surface area contributed by atoms with Crippen LogP contribution in [0.15, 0.2) is 24.3 Å². The van der Waals surface area contributed by atoms with Gasteiger partial charge in [-0.25, -0.2) is 0 Å². The second kappa shape index (κ2) is 8.55. The maximum atomic E-state index is 9.07. The van der Waals surface area contributed by atoms with E-state index in [4.69, 9.17) is 5.26 Å². The quantitative estimate of drug-likeness (QED) is 0.780. The van der Waals surface area contributed by atoms with Crippen LogP contribution in [0.1, 0.15) is 32.3 Å². The Balaban J connectivity index is 2.45. The van der Waals surface area contributed by atoms with E-state index in [-0.39, 0.29) is 6.04 Å². The third-order valence-electron chi connectivity index (χ3n) is 3.34.